The maximum atomic E-state index is 11.3. The Balaban J connectivity index is 1.69. The lowest BCUT2D eigenvalue weighted by molar-refractivity contribution is -0.114. The van der Waals surface area contributed by atoms with Crippen LogP contribution in [0.3, 0.4) is 0 Å². The van der Waals surface area contributed by atoms with Gasteiger partial charge in [0.25, 0.3) is 0 Å². The van der Waals surface area contributed by atoms with Crippen LogP contribution in [0.2, 0.25) is 0 Å². The van der Waals surface area contributed by atoms with E-state index in [0.717, 1.165) is 38.9 Å². The third kappa shape index (κ3) is 2.65. The zero-order chi connectivity index (χ0) is 16.7. The molecule has 0 unspecified atom stereocenters. The average molecular weight is 358 g/mol. The molecule has 1 aliphatic heterocycles. The summed E-state index contributed by atoms with van der Waals surface area (Å²) in [4.78, 5) is 19.0. The van der Waals surface area contributed by atoms with Crippen molar-refractivity contribution >= 4 is 56.6 Å². The summed E-state index contributed by atoms with van der Waals surface area (Å²) in [7, 11) is 0. The van der Waals surface area contributed by atoms with Crippen LogP contribution in [-0.4, -0.2) is 32.2 Å². The summed E-state index contributed by atoms with van der Waals surface area (Å²) in [6.07, 6.45) is 0. The van der Waals surface area contributed by atoms with E-state index >= 15 is 0 Å². The molecule has 0 saturated carbocycles. The number of thiazole rings is 1. The lowest BCUT2D eigenvalue weighted by atomic mass is 10.2. The molecule has 3 aromatic rings. The second-order valence-electron chi connectivity index (χ2n) is 5.34. The molecule has 1 aromatic carbocycles. The molecule has 122 valence electrons. The molecule has 0 aliphatic carbocycles. The summed E-state index contributed by atoms with van der Waals surface area (Å²) in [6.45, 7) is 3.44. The maximum Gasteiger partial charge on any atom is 0.223 e. The highest BCUT2D eigenvalue weighted by Crippen LogP contribution is 2.40. The highest BCUT2D eigenvalue weighted by molar-refractivity contribution is 8.02. The number of rotatable bonds is 3. The lowest BCUT2D eigenvalue weighted by Gasteiger charge is -2.21. The molecule has 7 nitrogen and oxygen atoms in total. The van der Waals surface area contributed by atoms with Gasteiger partial charge in [-0.3, -0.25) is 4.79 Å². The van der Waals surface area contributed by atoms with Crippen LogP contribution < -0.4 is 10.2 Å². The Labute approximate surface area is 146 Å². The Kier molecular flexibility index (Phi) is 3.73. The van der Waals surface area contributed by atoms with Crippen LogP contribution in [0.5, 0.6) is 0 Å². The largest absolute Gasteiger partial charge is 0.330 e. The van der Waals surface area contributed by atoms with Crippen LogP contribution in [0.1, 0.15) is 17.5 Å². The molecule has 0 bridgehead atoms. The van der Waals surface area contributed by atoms with E-state index in [4.69, 9.17) is 0 Å². The molecule has 1 amide bonds. The number of thioether (sulfide) groups is 1. The van der Waals surface area contributed by atoms with Gasteiger partial charge in [0.05, 0.1) is 22.1 Å². The fraction of sp³-hybridized carbons (Fsp3) is 0.200. The lowest BCUT2D eigenvalue weighted by Crippen LogP contribution is -2.16. The summed E-state index contributed by atoms with van der Waals surface area (Å²) in [5.74, 6) is 0.712. The number of H-pyrrole nitrogens is 1. The SMILES string of the molecule is CC(=O)Nc1nc(C)c(C2=CSCN2c2ccc3n[nH]nc3c2)s1. The van der Waals surface area contributed by atoms with Gasteiger partial charge >= 0.3 is 0 Å². The molecule has 2 N–H and O–H groups in total. The predicted octanol–water partition coefficient (Wildman–Crippen LogP) is 3.19. The normalized spacial score (nSPS) is 14.2. The molecule has 0 fully saturated rings. The number of nitrogens with one attached hydrogen (secondary N) is 2. The number of benzene rings is 1. The first kappa shape index (κ1) is 15.2. The van der Waals surface area contributed by atoms with Gasteiger partial charge in [-0.05, 0) is 30.5 Å². The minimum atomic E-state index is -0.113. The molecule has 0 saturated heterocycles. The van der Waals surface area contributed by atoms with E-state index in [9.17, 15) is 4.79 Å². The van der Waals surface area contributed by atoms with Gasteiger partial charge in [0.1, 0.15) is 11.0 Å². The number of aryl methyl sites for hydroxylation is 1. The zero-order valence-electron chi connectivity index (χ0n) is 13.0. The van der Waals surface area contributed by atoms with Crippen molar-refractivity contribution in [2.24, 2.45) is 0 Å². The first-order valence-electron chi connectivity index (χ1n) is 7.27. The van der Waals surface area contributed by atoms with Crippen molar-refractivity contribution in [3.05, 3.63) is 34.2 Å². The Morgan fingerprint density at radius 2 is 2.17 bits per heavy atom. The molecule has 3 heterocycles. The summed E-state index contributed by atoms with van der Waals surface area (Å²) < 4.78 is 0. The standard InChI is InChI=1S/C15H14N6OS2/c1-8-14(24-15(16-8)17-9(2)22)13-6-23-7-21(13)10-3-4-11-12(5-10)19-20-18-11/h3-6H,7H2,1-2H3,(H,16,17,22)(H,18,19,20). The van der Waals surface area contributed by atoms with Crippen LogP contribution >= 0.6 is 23.1 Å². The van der Waals surface area contributed by atoms with E-state index in [1.54, 1.807) is 11.8 Å². The van der Waals surface area contributed by atoms with Crippen molar-refractivity contribution in [1.29, 1.82) is 0 Å². The van der Waals surface area contributed by atoms with Gasteiger partial charge in [0, 0.05) is 12.6 Å². The third-order valence-electron chi connectivity index (χ3n) is 3.61. The van der Waals surface area contributed by atoms with Crippen molar-refractivity contribution in [2.45, 2.75) is 13.8 Å². The summed E-state index contributed by atoms with van der Waals surface area (Å²) >= 11 is 3.22. The third-order valence-corrected chi connectivity index (χ3v) is 5.51. The highest BCUT2D eigenvalue weighted by atomic mass is 32.2. The molecular formula is C15H14N6OS2. The van der Waals surface area contributed by atoms with Crippen LogP contribution in [0.15, 0.2) is 23.6 Å². The van der Waals surface area contributed by atoms with Gasteiger partial charge in [-0.2, -0.15) is 15.4 Å². The minimum Gasteiger partial charge on any atom is -0.330 e. The number of amides is 1. The Hall–Kier alpha value is -2.39. The summed E-state index contributed by atoms with van der Waals surface area (Å²) in [5, 5.41) is 16.4. The molecule has 0 atom stereocenters. The Bertz CT molecular complexity index is 960. The number of fused-ring (bicyclic) bond motifs is 1. The molecule has 0 radical (unpaired) electrons. The number of hydrogen-bond donors (Lipinski definition) is 2. The Morgan fingerprint density at radius 1 is 1.33 bits per heavy atom. The number of nitrogens with zero attached hydrogens (tertiary/aromatic N) is 4. The van der Waals surface area contributed by atoms with E-state index in [-0.39, 0.29) is 5.91 Å². The van der Waals surface area contributed by atoms with Crippen molar-refractivity contribution in [2.75, 3.05) is 16.1 Å². The van der Waals surface area contributed by atoms with Gasteiger partial charge in [-0.15, -0.1) is 11.8 Å². The monoisotopic (exact) mass is 358 g/mol. The number of aromatic amines is 1. The molecular weight excluding hydrogens is 344 g/mol. The molecule has 1 aliphatic rings. The quantitative estimate of drug-likeness (QED) is 0.748. The molecule has 4 rings (SSSR count). The number of aromatic nitrogens is 4. The first-order chi connectivity index (χ1) is 11.6. The van der Waals surface area contributed by atoms with Gasteiger partial charge in [-0.25, -0.2) is 4.98 Å². The van der Waals surface area contributed by atoms with Gasteiger partial charge < -0.3 is 10.2 Å². The predicted molar refractivity (Wildman–Crippen MR) is 98.0 cm³/mol. The number of carbonyl (C=O) groups is 1. The van der Waals surface area contributed by atoms with Crippen molar-refractivity contribution < 1.29 is 4.79 Å². The average Bonchev–Trinajstić information content (AvgIpc) is 3.24. The smallest absolute Gasteiger partial charge is 0.223 e. The number of carbonyl (C=O) groups excluding carboxylic acids is 1. The van der Waals surface area contributed by atoms with Gasteiger partial charge in [-0.1, -0.05) is 11.3 Å². The molecule has 24 heavy (non-hydrogen) atoms. The van der Waals surface area contributed by atoms with Crippen LogP contribution in [-0.2, 0) is 4.79 Å². The second kappa shape index (κ2) is 5.91. The first-order valence-corrected chi connectivity index (χ1v) is 9.13. The van der Waals surface area contributed by atoms with Crippen molar-refractivity contribution in [3.8, 4) is 0 Å². The highest BCUT2D eigenvalue weighted by Gasteiger charge is 2.24. The van der Waals surface area contributed by atoms with Gasteiger partial charge in [0.2, 0.25) is 5.91 Å². The van der Waals surface area contributed by atoms with E-state index in [2.05, 4.69) is 36.0 Å². The Morgan fingerprint density at radius 3 is 3.00 bits per heavy atom. The molecule has 2 aromatic heterocycles. The second-order valence-corrected chi connectivity index (χ2v) is 7.16. The zero-order valence-corrected chi connectivity index (χ0v) is 14.7. The van der Waals surface area contributed by atoms with Crippen molar-refractivity contribution in [1.82, 2.24) is 20.4 Å². The van der Waals surface area contributed by atoms with E-state index in [0.29, 0.717) is 5.13 Å². The summed E-state index contributed by atoms with van der Waals surface area (Å²) in [6, 6.07) is 6.01. The van der Waals surface area contributed by atoms with Gasteiger partial charge in [0.15, 0.2) is 5.13 Å². The number of anilines is 2. The minimum absolute atomic E-state index is 0.113. The maximum absolute atomic E-state index is 11.3. The van der Waals surface area contributed by atoms with Crippen LogP contribution in [0, 0.1) is 6.92 Å². The fourth-order valence-electron chi connectivity index (χ4n) is 2.55. The summed E-state index contributed by atoms with van der Waals surface area (Å²) in [5.41, 5.74) is 4.74. The number of hydrogen-bond acceptors (Lipinski definition) is 7. The van der Waals surface area contributed by atoms with E-state index < -0.39 is 0 Å². The van der Waals surface area contributed by atoms with E-state index in [1.165, 1.54) is 18.3 Å². The van der Waals surface area contributed by atoms with Crippen molar-refractivity contribution in [3.63, 3.8) is 0 Å². The fourth-order valence-corrected chi connectivity index (χ4v) is 4.58. The van der Waals surface area contributed by atoms with Crippen LogP contribution in [0.4, 0.5) is 10.8 Å². The van der Waals surface area contributed by atoms with E-state index in [1.807, 2.05) is 25.1 Å². The molecule has 0 spiro atoms. The van der Waals surface area contributed by atoms with Crippen LogP contribution in [0.25, 0.3) is 16.7 Å². The molecule has 9 heteroatoms. The topological polar surface area (TPSA) is 86.8 Å².